The summed E-state index contributed by atoms with van der Waals surface area (Å²) in [6.07, 6.45) is 4.61. The number of nitrogens with zero attached hydrogens (tertiary/aromatic N) is 1. The molecule has 0 aliphatic carbocycles. The molecule has 1 heterocycles. The van der Waals surface area contributed by atoms with E-state index in [9.17, 15) is 9.18 Å². The van der Waals surface area contributed by atoms with Crippen LogP contribution in [0.2, 0.25) is 0 Å². The number of carbonyl (C=O) groups excluding carboxylic acids is 1. The Kier molecular flexibility index (Phi) is 7.96. The lowest BCUT2D eigenvalue weighted by molar-refractivity contribution is 0.1000. The second-order valence-electron chi connectivity index (χ2n) is 7.40. The Morgan fingerprint density at radius 2 is 2.00 bits per heavy atom. The van der Waals surface area contributed by atoms with Crippen molar-refractivity contribution in [3.8, 4) is 17.4 Å². The molecular weight excluding hydrogens is 373 g/mol. The van der Waals surface area contributed by atoms with Crippen LogP contribution in [0.5, 0.6) is 17.4 Å². The Hall–Kier alpha value is -2.67. The minimum atomic E-state index is -0.595. The van der Waals surface area contributed by atoms with Crippen LogP contribution in [0.3, 0.4) is 0 Å². The third-order valence-electron chi connectivity index (χ3n) is 5.46. The molecule has 2 aromatic rings. The van der Waals surface area contributed by atoms with Gasteiger partial charge in [0.25, 0.3) is 0 Å². The van der Waals surface area contributed by atoms with Crippen molar-refractivity contribution in [1.82, 2.24) is 10.3 Å². The molecule has 29 heavy (non-hydrogen) atoms. The molecule has 0 aliphatic rings. The van der Waals surface area contributed by atoms with Crippen LogP contribution in [0.1, 0.15) is 56.0 Å². The highest BCUT2D eigenvalue weighted by molar-refractivity contribution is 5.92. The minimum Gasteiger partial charge on any atom is -0.493 e. The fourth-order valence-electron chi connectivity index (χ4n) is 2.89. The zero-order valence-corrected chi connectivity index (χ0v) is 17.5. The number of carbonyl (C=O) groups is 1. The van der Waals surface area contributed by atoms with E-state index in [0.29, 0.717) is 12.0 Å². The van der Waals surface area contributed by atoms with Gasteiger partial charge in [0.1, 0.15) is 0 Å². The van der Waals surface area contributed by atoms with Crippen LogP contribution in [0, 0.1) is 11.2 Å². The number of primary amides is 1. The molecular formula is C22H30FN3O3. The first-order valence-corrected chi connectivity index (χ1v) is 9.82. The Labute approximate surface area is 171 Å². The quantitative estimate of drug-likeness (QED) is 0.542. The number of amides is 1. The van der Waals surface area contributed by atoms with Gasteiger partial charge in [0.15, 0.2) is 11.6 Å². The molecule has 0 bridgehead atoms. The number of hydrogen-bond donors (Lipinski definition) is 2. The Bertz CT molecular complexity index is 821. The van der Waals surface area contributed by atoms with Gasteiger partial charge in [0.2, 0.25) is 17.5 Å². The summed E-state index contributed by atoms with van der Waals surface area (Å²) >= 11 is 0. The first kappa shape index (κ1) is 22.6. The van der Waals surface area contributed by atoms with Crippen LogP contribution in [-0.4, -0.2) is 24.5 Å². The number of ether oxygens (including phenoxy) is 2. The molecule has 1 aromatic heterocycles. The highest BCUT2D eigenvalue weighted by Crippen LogP contribution is 2.35. The number of halogens is 1. The molecule has 7 heteroatoms. The molecule has 0 spiro atoms. The highest BCUT2D eigenvalue weighted by Gasteiger charge is 2.19. The summed E-state index contributed by atoms with van der Waals surface area (Å²) in [6.45, 7) is 8.09. The Balaban J connectivity index is 2.05. The summed E-state index contributed by atoms with van der Waals surface area (Å²) in [5, 5.41) is 3.37. The molecule has 0 aliphatic heterocycles. The Morgan fingerprint density at radius 3 is 2.55 bits per heavy atom. The van der Waals surface area contributed by atoms with E-state index in [1.54, 1.807) is 6.07 Å². The third-order valence-corrected chi connectivity index (χ3v) is 5.46. The van der Waals surface area contributed by atoms with Gasteiger partial charge in [-0.2, -0.15) is 0 Å². The van der Waals surface area contributed by atoms with E-state index in [-0.39, 0.29) is 22.9 Å². The van der Waals surface area contributed by atoms with E-state index < -0.39 is 11.7 Å². The molecule has 1 aromatic carbocycles. The van der Waals surface area contributed by atoms with Gasteiger partial charge in [-0.1, -0.05) is 33.6 Å². The van der Waals surface area contributed by atoms with Gasteiger partial charge >= 0.3 is 0 Å². The van der Waals surface area contributed by atoms with E-state index in [2.05, 4.69) is 31.1 Å². The number of pyridine rings is 1. The lowest BCUT2D eigenvalue weighted by Crippen LogP contribution is -2.23. The number of nitrogens with one attached hydrogen (secondary N) is 1. The van der Waals surface area contributed by atoms with Gasteiger partial charge in [-0.05, 0) is 42.1 Å². The smallest absolute Gasteiger partial charge is 0.250 e. The monoisotopic (exact) mass is 403 g/mol. The highest BCUT2D eigenvalue weighted by atomic mass is 19.1. The first-order valence-electron chi connectivity index (χ1n) is 9.82. The van der Waals surface area contributed by atoms with Gasteiger partial charge in [-0.15, -0.1) is 0 Å². The van der Waals surface area contributed by atoms with Crippen molar-refractivity contribution >= 4 is 5.91 Å². The SMILES string of the molecule is CCC(C)(CC)CCNCc1cc(F)c(Oc2ccc(C(N)=O)cn2)c(OC)c1. The maximum Gasteiger partial charge on any atom is 0.250 e. The number of benzene rings is 1. The van der Waals surface area contributed by atoms with Crippen LogP contribution >= 0.6 is 0 Å². The van der Waals surface area contributed by atoms with Crippen LogP contribution < -0.4 is 20.5 Å². The van der Waals surface area contributed by atoms with Gasteiger partial charge in [0.05, 0.1) is 12.7 Å². The van der Waals surface area contributed by atoms with Crippen LogP contribution in [-0.2, 0) is 6.54 Å². The predicted octanol–water partition coefficient (Wildman–Crippen LogP) is 4.43. The topological polar surface area (TPSA) is 86.5 Å². The van der Waals surface area contributed by atoms with E-state index in [4.69, 9.17) is 15.2 Å². The largest absolute Gasteiger partial charge is 0.493 e. The normalized spacial score (nSPS) is 11.3. The molecule has 3 N–H and O–H groups in total. The fourth-order valence-corrected chi connectivity index (χ4v) is 2.89. The first-order chi connectivity index (χ1) is 13.8. The zero-order valence-electron chi connectivity index (χ0n) is 17.5. The van der Waals surface area contributed by atoms with Crippen molar-refractivity contribution in [1.29, 1.82) is 0 Å². The number of nitrogens with two attached hydrogens (primary N) is 1. The second kappa shape index (κ2) is 10.2. The zero-order chi connectivity index (χ0) is 21.4. The number of methoxy groups -OCH3 is 1. The van der Waals surface area contributed by atoms with Gasteiger partial charge in [0, 0.05) is 18.8 Å². The summed E-state index contributed by atoms with van der Waals surface area (Å²) in [6, 6.07) is 6.07. The van der Waals surface area contributed by atoms with Crippen molar-refractivity contribution in [3.63, 3.8) is 0 Å². The van der Waals surface area contributed by atoms with E-state index >= 15 is 0 Å². The fraction of sp³-hybridized carbons (Fsp3) is 0.455. The van der Waals surface area contributed by atoms with Crippen molar-refractivity contribution < 1.29 is 18.7 Å². The van der Waals surface area contributed by atoms with Crippen molar-refractivity contribution in [2.75, 3.05) is 13.7 Å². The number of rotatable bonds is 11. The van der Waals surface area contributed by atoms with E-state index in [1.165, 1.54) is 31.5 Å². The molecule has 158 valence electrons. The minimum absolute atomic E-state index is 0.0554. The molecule has 0 unspecified atom stereocenters. The standard InChI is InChI=1S/C22H30FN3O3/c1-5-22(3,6-2)9-10-25-13-15-11-17(23)20(18(12-15)28-4)29-19-8-7-16(14-26-19)21(24)27/h7-8,11-12,14,25H,5-6,9-10,13H2,1-4H3,(H2,24,27). The van der Waals surface area contributed by atoms with Crippen molar-refractivity contribution in [2.24, 2.45) is 11.1 Å². The average Bonchev–Trinajstić information content (AvgIpc) is 2.73. The maximum atomic E-state index is 14.7. The van der Waals surface area contributed by atoms with Crippen LogP contribution in [0.25, 0.3) is 0 Å². The summed E-state index contributed by atoms with van der Waals surface area (Å²) in [4.78, 5) is 15.1. The van der Waals surface area contributed by atoms with Crippen LogP contribution in [0.4, 0.5) is 4.39 Å². The molecule has 6 nitrogen and oxygen atoms in total. The molecule has 0 atom stereocenters. The van der Waals surface area contributed by atoms with Crippen LogP contribution in [0.15, 0.2) is 30.5 Å². The lowest BCUT2D eigenvalue weighted by atomic mass is 9.81. The molecule has 0 fully saturated rings. The summed E-state index contributed by atoms with van der Waals surface area (Å²) < 4.78 is 25.5. The van der Waals surface area contributed by atoms with Gasteiger partial charge < -0.3 is 20.5 Å². The maximum absolute atomic E-state index is 14.7. The van der Waals surface area contributed by atoms with Crippen molar-refractivity contribution in [2.45, 2.75) is 46.6 Å². The average molecular weight is 403 g/mol. The third kappa shape index (κ3) is 6.15. The van der Waals surface area contributed by atoms with E-state index in [0.717, 1.165) is 31.4 Å². The summed E-state index contributed by atoms with van der Waals surface area (Å²) in [7, 11) is 1.45. The predicted molar refractivity (Wildman–Crippen MR) is 111 cm³/mol. The molecule has 0 saturated carbocycles. The summed E-state index contributed by atoms with van der Waals surface area (Å²) in [5.74, 6) is -0.789. The second-order valence-corrected chi connectivity index (χ2v) is 7.40. The number of hydrogen-bond acceptors (Lipinski definition) is 5. The Morgan fingerprint density at radius 1 is 1.28 bits per heavy atom. The lowest BCUT2D eigenvalue weighted by Gasteiger charge is -2.26. The van der Waals surface area contributed by atoms with E-state index in [1.807, 2.05) is 0 Å². The molecule has 2 rings (SSSR count). The van der Waals surface area contributed by atoms with Gasteiger partial charge in [-0.3, -0.25) is 4.79 Å². The van der Waals surface area contributed by atoms with Gasteiger partial charge in [-0.25, -0.2) is 9.37 Å². The summed E-state index contributed by atoms with van der Waals surface area (Å²) in [5.41, 5.74) is 6.52. The molecule has 0 saturated heterocycles. The molecule has 1 amide bonds. The number of aromatic nitrogens is 1. The van der Waals surface area contributed by atoms with Crippen molar-refractivity contribution in [3.05, 3.63) is 47.4 Å². The molecule has 0 radical (unpaired) electrons.